The van der Waals surface area contributed by atoms with E-state index in [9.17, 15) is 13.2 Å². The minimum absolute atomic E-state index is 0.265. The highest BCUT2D eigenvalue weighted by Crippen LogP contribution is 2.46. The second-order valence-electron chi connectivity index (χ2n) is 11.1. The van der Waals surface area contributed by atoms with Crippen molar-refractivity contribution < 1.29 is 23.1 Å². The maximum absolute atomic E-state index is 10.6. The molecule has 3 fully saturated rings. The van der Waals surface area contributed by atoms with Crippen LogP contribution in [0.25, 0.3) is 16.0 Å². The van der Waals surface area contributed by atoms with E-state index in [4.69, 9.17) is 20.6 Å². The smallest absolute Gasteiger partial charge is 0.475 e. The van der Waals surface area contributed by atoms with Gasteiger partial charge in [0.25, 0.3) is 0 Å². The molecule has 2 saturated carbocycles. The Labute approximate surface area is 248 Å². The second-order valence-corrected chi connectivity index (χ2v) is 12.0. The maximum atomic E-state index is 10.6. The largest absolute Gasteiger partial charge is 0.490 e. The van der Waals surface area contributed by atoms with Gasteiger partial charge in [-0.1, -0.05) is 6.42 Å². The molecule has 0 spiro atoms. The fourth-order valence-corrected chi connectivity index (χ4v) is 7.33. The Morgan fingerprint density at radius 1 is 1.12 bits per heavy atom. The molecular weight excluding hydrogens is 585 g/mol. The van der Waals surface area contributed by atoms with Gasteiger partial charge in [0.15, 0.2) is 5.82 Å². The fraction of sp³-hybridized carbons (Fsp3) is 0.481. The zero-order valence-corrected chi connectivity index (χ0v) is 24.1. The van der Waals surface area contributed by atoms with Crippen molar-refractivity contribution in [3.63, 3.8) is 0 Å². The number of nitrogens with zero attached hydrogens (tertiary/aromatic N) is 8. The Hall–Kier alpha value is -4.05. The number of hydrogen-bond donors (Lipinski definition) is 3. The number of nitrogen functional groups attached to an aromatic ring is 1. The number of aromatic nitrogens is 6. The van der Waals surface area contributed by atoms with Gasteiger partial charge in [0, 0.05) is 32.2 Å². The summed E-state index contributed by atoms with van der Waals surface area (Å²) in [5, 5.41) is 17.0. The highest BCUT2D eigenvalue weighted by molar-refractivity contribution is 7.17. The molecule has 3 aliphatic rings. The molecule has 4 N–H and O–H groups in total. The molecule has 3 atom stereocenters. The predicted octanol–water partition coefficient (Wildman–Crippen LogP) is 4.25. The molecule has 1 aliphatic heterocycles. The van der Waals surface area contributed by atoms with Crippen LogP contribution in [-0.2, 0) is 4.79 Å². The highest BCUT2D eigenvalue weighted by atomic mass is 32.1. The molecule has 0 radical (unpaired) electrons. The number of piperazine rings is 1. The first-order chi connectivity index (χ1) is 20.6. The number of hydrogen-bond acceptors (Lipinski definition) is 11. The average molecular weight is 617 g/mol. The maximum Gasteiger partial charge on any atom is 0.490 e. The molecule has 4 aromatic heterocycles. The Kier molecular flexibility index (Phi) is 7.81. The number of aryl methyl sites for hydroxylation is 1. The quantitative estimate of drug-likeness (QED) is 0.295. The monoisotopic (exact) mass is 616 g/mol. The standard InChI is InChI=1S/C25H30N10S.C2HF3O2/c1-15-13-36-22-21(15)28-14-29-23(22)35-24(26)31-25(32-35)30-18-4-5-20(27-12-18)34-8-6-33(7-9-34)19-11-16-2-3-17(19)10-16;3-2(4,5)1(6)7/h4-5,12-14,16-17,19H,2-3,6-11H2,1H3,(H3,26,30,31,32);(H,6,7)/t16-,17+,19+;/m1./s1. The zero-order valence-electron chi connectivity index (χ0n) is 23.3. The zero-order chi connectivity index (χ0) is 30.3. The number of alkyl halides is 3. The number of aliphatic carboxylic acids is 1. The summed E-state index contributed by atoms with van der Waals surface area (Å²) in [5.74, 6) is 1.51. The summed E-state index contributed by atoms with van der Waals surface area (Å²) in [4.78, 5) is 31.9. The Morgan fingerprint density at radius 2 is 1.88 bits per heavy atom. The second kappa shape index (κ2) is 11.6. The van der Waals surface area contributed by atoms with Crippen molar-refractivity contribution in [2.45, 2.75) is 44.8 Å². The number of pyridine rings is 1. The number of rotatable bonds is 5. The third kappa shape index (κ3) is 6.06. The number of fused-ring (bicyclic) bond motifs is 3. The molecule has 4 aromatic rings. The molecule has 2 bridgehead atoms. The molecule has 1 saturated heterocycles. The van der Waals surface area contributed by atoms with E-state index in [1.54, 1.807) is 16.0 Å². The van der Waals surface area contributed by atoms with Crippen molar-refractivity contribution in [1.29, 1.82) is 0 Å². The van der Waals surface area contributed by atoms with Gasteiger partial charge >= 0.3 is 12.1 Å². The van der Waals surface area contributed by atoms with E-state index < -0.39 is 12.1 Å². The summed E-state index contributed by atoms with van der Waals surface area (Å²) in [6, 6.07) is 4.91. The van der Waals surface area contributed by atoms with Gasteiger partial charge in [-0.3, -0.25) is 4.90 Å². The van der Waals surface area contributed by atoms with Gasteiger partial charge in [0.1, 0.15) is 12.1 Å². The van der Waals surface area contributed by atoms with Gasteiger partial charge in [-0.15, -0.1) is 16.4 Å². The van der Waals surface area contributed by atoms with Crippen LogP contribution in [0.4, 0.5) is 36.6 Å². The molecule has 0 amide bonds. The average Bonchev–Trinajstić information content (AvgIpc) is 3.79. The lowest BCUT2D eigenvalue weighted by Crippen LogP contribution is -2.52. The summed E-state index contributed by atoms with van der Waals surface area (Å²) in [5.41, 5.74) is 9.02. The fourth-order valence-electron chi connectivity index (χ4n) is 6.36. The number of carboxylic acid groups (broad SMARTS) is 1. The summed E-state index contributed by atoms with van der Waals surface area (Å²) in [6.07, 6.45) is 4.09. The Morgan fingerprint density at radius 3 is 2.51 bits per heavy atom. The summed E-state index contributed by atoms with van der Waals surface area (Å²) in [7, 11) is 0. The van der Waals surface area contributed by atoms with Crippen molar-refractivity contribution in [1.82, 2.24) is 34.6 Å². The molecule has 12 nitrogen and oxygen atoms in total. The van der Waals surface area contributed by atoms with Gasteiger partial charge in [0.2, 0.25) is 11.9 Å². The molecule has 16 heteroatoms. The van der Waals surface area contributed by atoms with E-state index in [1.807, 2.05) is 19.2 Å². The molecule has 5 heterocycles. The van der Waals surface area contributed by atoms with E-state index >= 15 is 0 Å². The van der Waals surface area contributed by atoms with E-state index in [0.717, 1.165) is 71.3 Å². The number of halogens is 3. The lowest BCUT2D eigenvalue weighted by atomic mass is 9.93. The third-order valence-electron chi connectivity index (χ3n) is 8.40. The van der Waals surface area contributed by atoms with Crippen LogP contribution in [-0.4, -0.2) is 84.1 Å². The van der Waals surface area contributed by atoms with Crippen LogP contribution in [0.1, 0.15) is 31.2 Å². The molecule has 228 valence electrons. The van der Waals surface area contributed by atoms with E-state index in [-0.39, 0.29) is 5.95 Å². The predicted molar refractivity (Wildman–Crippen MR) is 156 cm³/mol. The first-order valence-electron chi connectivity index (χ1n) is 14.0. The van der Waals surface area contributed by atoms with Crippen LogP contribution < -0.4 is 16.0 Å². The van der Waals surface area contributed by atoms with Gasteiger partial charge in [-0.05, 0) is 61.1 Å². The number of anilines is 4. The molecule has 7 rings (SSSR count). The molecule has 43 heavy (non-hydrogen) atoms. The van der Waals surface area contributed by atoms with Gasteiger partial charge in [-0.2, -0.15) is 22.8 Å². The number of carbonyl (C=O) groups is 1. The number of carboxylic acids is 1. The van der Waals surface area contributed by atoms with Crippen LogP contribution >= 0.6 is 11.3 Å². The van der Waals surface area contributed by atoms with E-state index in [0.29, 0.717) is 11.8 Å². The highest BCUT2D eigenvalue weighted by Gasteiger charge is 2.42. The van der Waals surface area contributed by atoms with Crippen LogP contribution in [0.15, 0.2) is 30.0 Å². The molecule has 2 aliphatic carbocycles. The number of nitrogens with two attached hydrogens (primary N) is 1. The minimum Gasteiger partial charge on any atom is -0.475 e. The van der Waals surface area contributed by atoms with Gasteiger partial charge < -0.3 is 21.1 Å². The lowest BCUT2D eigenvalue weighted by molar-refractivity contribution is -0.192. The summed E-state index contributed by atoms with van der Waals surface area (Å²) < 4.78 is 34.2. The topological polar surface area (TPSA) is 151 Å². The molecule has 0 unspecified atom stereocenters. The van der Waals surface area contributed by atoms with Crippen molar-refractivity contribution in [3.8, 4) is 5.82 Å². The Bertz CT molecular complexity index is 1600. The lowest BCUT2D eigenvalue weighted by Gasteiger charge is -2.41. The summed E-state index contributed by atoms with van der Waals surface area (Å²) in [6.45, 7) is 6.37. The van der Waals surface area contributed by atoms with E-state index in [1.165, 1.54) is 32.0 Å². The number of thiophene rings is 1. The Balaban J connectivity index is 0.000000423. The van der Waals surface area contributed by atoms with Crippen molar-refractivity contribution in [2.24, 2.45) is 11.8 Å². The summed E-state index contributed by atoms with van der Waals surface area (Å²) >= 11 is 1.58. The van der Waals surface area contributed by atoms with Crippen molar-refractivity contribution >= 4 is 50.9 Å². The number of nitrogens with one attached hydrogen (secondary N) is 1. The molecule has 0 aromatic carbocycles. The first kappa shape index (κ1) is 29.0. The first-order valence-corrected chi connectivity index (χ1v) is 14.9. The minimum atomic E-state index is -5.08. The van der Waals surface area contributed by atoms with Crippen LogP contribution in [0, 0.1) is 18.8 Å². The normalized spacial score (nSPS) is 22.0. The third-order valence-corrected chi connectivity index (χ3v) is 9.48. The van der Waals surface area contributed by atoms with Gasteiger partial charge in [-0.25, -0.2) is 19.7 Å². The van der Waals surface area contributed by atoms with E-state index in [2.05, 4.69) is 46.6 Å². The van der Waals surface area contributed by atoms with Crippen molar-refractivity contribution in [2.75, 3.05) is 42.1 Å². The van der Waals surface area contributed by atoms with Gasteiger partial charge in [0.05, 0.1) is 22.1 Å². The molecular formula is C27H31F3N10O2S. The van der Waals surface area contributed by atoms with Crippen LogP contribution in [0.3, 0.4) is 0 Å². The van der Waals surface area contributed by atoms with Crippen LogP contribution in [0.2, 0.25) is 0 Å². The van der Waals surface area contributed by atoms with Crippen LogP contribution in [0.5, 0.6) is 0 Å². The SMILES string of the molecule is Cc1csc2c(-n3nc(Nc4ccc(N5CCN([C@H]6C[C@@H]7CC[C@H]6C7)CC5)nc4)nc3N)ncnc12.O=C(O)C(F)(F)F. The van der Waals surface area contributed by atoms with Crippen molar-refractivity contribution in [3.05, 3.63) is 35.6 Å².